The van der Waals surface area contributed by atoms with Crippen LogP contribution in [0.1, 0.15) is 44.1 Å². The Bertz CT molecular complexity index is 867. The zero-order valence-corrected chi connectivity index (χ0v) is 17.9. The van der Waals surface area contributed by atoms with E-state index >= 15 is 0 Å². The van der Waals surface area contributed by atoms with Crippen molar-refractivity contribution >= 4 is 17.3 Å². The Morgan fingerprint density at radius 2 is 1.60 bits per heavy atom. The molecule has 0 aromatic heterocycles. The molecule has 2 heterocycles. The van der Waals surface area contributed by atoms with Crippen LogP contribution < -0.4 is 10.2 Å². The van der Waals surface area contributed by atoms with E-state index in [0.717, 1.165) is 57.7 Å². The van der Waals surface area contributed by atoms with Gasteiger partial charge < -0.3 is 10.2 Å². The second-order valence-corrected chi connectivity index (χ2v) is 9.43. The molecule has 1 saturated carbocycles. The number of amides is 1. The maximum absolute atomic E-state index is 13.1. The van der Waals surface area contributed by atoms with E-state index in [1.54, 1.807) is 0 Å². The lowest BCUT2D eigenvalue weighted by molar-refractivity contribution is -0.118. The third-order valence-corrected chi connectivity index (χ3v) is 7.47. The molecular formula is C26H33N3O. The van der Waals surface area contributed by atoms with Crippen LogP contribution in [0.15, 0.2) is 54.6 Å². The zero-order valence-electron chi connectivity index (χ0n) is 17.9. The van der Waals surface area contributed by atoms with Crippen LogP contribution in [0.5, 0.6) is 0 Å². The smallest absolute Gasteiger partial charge is 0.228 e. The summed E-state index contributed by atoms with van der Waals surface area (Å²) in [5.74, 6) is 0.418. The van der Waals surface area contributed by atoms with E-state index in [2.05, 4.69) is 63.6 Å². The number of rotatable bonds is 5. The van der Waals surface area contributed by atoms with Crippen molar-refractivity contribution in [1.29, 1.82) is 0 Å². The van der Waals surface area contributed by atoms with Gasteiger partial charge in [0.15, 0.2) is 0 Å². The molecule has 30 heavy (non-hydrogen) atoms. The minimum Gasteiger partial charge on any atom is -0.370 e. The van der Waals surface area contributed by atoms with Crippen molar-refractivity contribution in [2.45, 2.75) is 45.1 Å². The van der Waals surface area contributed by atoms with E-state index in [0.29, 0.717) is 0 Å². The van der Waals surface area contributed by atoms with Crippen molar-refractivity contribution in [2.24, 2.45) is 11.3 Å². The molecule has 2 saturated heterocycles. The number of likely N-dealkylation sites (tertiary alicyclic amines) is 1. The summed E-state index contributed by atoms with van der Waals surface area (Å²) in [4.78, 5) is 18.1. The molecule has 3 aliphatic rings. The van der Waals surface area contributed by atoms with Gasteiger partial charge in [-0.15, -0.1) is 0 Å². The average molecular weight is 404 g/mol. The molecule has 1 amide bonds. The van der Waals surface area contributed by atoms with Crippen molar-refractivity contribution in [3.05, 3.63) is 60.2 Å². The van der Waals surface area contributed by atoms with Gasteiger partial charge >= 0.3 is 0 Å². The average Bonchev–Trinajstić information content (AvgIpc) is 3.51. The maximum Gasteiger partial charge on any atom is 0.228 e. The summed E-state index contributed by atoms with van der Waals surface area (Å²) in [6, 6.07) is 19.1. The highest BCUT2D eigenvalue weighted by Crippen LogP contribution is 2.59. The van der Waals surface area contributed by atoms with E-state index in [4.69, 9.17) is 0 Å². The number of hydrogen-bond donors (Lipinski definition) is 1. The number of hydrogen-bond acceptors (Lipinski definition) is 3. The minimum atomic E-state index is 0.186. The molecule has 1 aliphatic carbocycles. The number of anilines is 2. The van der Waals surface area contributed by atoms with Gasteiger partial charge in [-0.2, -0.15) is 0 Å². The highest BCUT2D eigenvalue weighted by atomic mass is 16.2. The summed E-state index contributed by atoms with van der Waals surface area (Å²) in [5.41, 5.74) is 3.82. The van der Waals surface area contributed by atoms with Crippen LogP contribution in [-0.2, 0) is 11.3 Å². The predicted octanol–water partition coefficient (Wildman–Crippen LogP) is 4.92. The lowest BCUT2D eigenvalue weighted by atomic mass is 9.90. The molecular weight excluding hydrogens is 370 g/mol. The van der Waals surface area contributed by atoms with Gasteiger partial charge in [-0.1, -0.05) is 42.5 Å². The quantitative estimate of drug-likeness (QED) is 0.770. The van der Waals surface area contributed by atoms with Gasteiger partial charge in [-0.3, -0.25) is 9.69 Å². The standard InChI is InChI=1S/C26H33N3O/c30-25(27-23-11-5-6-12-24(23)29-15-7-2-8-16-29)22-19-26(22)13-17-28(18-14-26)20-21-9-3-1-4-10-21/h1,3-6,9-12,22H,2,7-8,13-20H2,(H,27,30). The topological polar surface area (TPSA) is 35.6 Å². The molecule has 3 fully saturated rings. The number of piperidine rings is 2. The summed E-state index contributed by atoms with van der Waals surface area (Å²) < 4.78 is 0. The predicted molar refractivity (Wildman–Crippen MR) is 123 cm³/mol. The number of nitrogens with one attached hydrogen (secondary N) is 1. The summed E-state index contributed by atoms with van der Waals surface area (Å²) in [7, 11) is 0. The first-order chi connectivity index (χ1) is 14.7. The van der Waals surface area contributed by atoms with E-state index in [1.165, 1.54) is 30.5 Å². The summed E-state index contributed by atoms with van der Waals surface area (Å²) in [6.07, 6.45) is 7.15. The van der Waals surface area contributed by atoms with Crippen LogP contribution in [0.2, 0.25) is 0 Å². The molecule has 4 heteroatoms. The summed E-state index contributed by atoms with van der Waals surface area (Å²) in [6.45, 7) is 5.41. The molecule has 1 atom stereocenters. The van der Waals surface area contributed by atoms with Crippen molar-refractivity contribution in [1.82, 2.24) is 4.90 Å². The molecule has 1 spiro atoms. The van der Waals surface area contributed by atoms with Crippen LogP contribution >= 0.6 is 0 Å². The molecule has 1 unspecified atom stereocenters. The number of benzene rings is 2. The van der Waals surface area contributed by atoms with Crippen LogP contribution in [0, 0.1) is 11.3 Å². The molecule has 0 radical (unpaired) electrons. The maximum atomic E-state index is 13.1. The van der Waals surface area contributed by atoms with Gasteiger partial charge in [-0.25, -0.2) is 0 Å². The van der Waals surface area contributed by atoms with Gasteiger partial charge in [-0.05, 0) is 74.7 Å². The Morgan fingerprint density at radius 1 is 0.900 bits per heavy atom. The van der Waals surface area contributed by atoms with Crippen LogP contribution in [0.25, 0.3) is 0 Å². The van der Waals surface area contributed by atoms with Crippen molar-refractivity contribution < 1.29 is 4.79 Å². The highest BCUT2D eigenvalue weighted by molar-refractivity contribution is 5.98. The van der Waals surface area contributed by atoms with E-state index in [-0.39, 0.29) is 17.2 Å². The molecule has 1 N–H and O–H groups in total. The lowest BCUT2D eigenvalue weighted by Gasteiger charge is -2.33. The minimum absolute atomic E-state index is 0.186. The Hall–Kier alpha value is -2.33. The van der Waals surface area contributed by atoms with Crippen molar-refractivity contribution in [3.63, 3.8) is 0 Å². The first kappa shape index (κ1) is 19.6. The number of carbonyl (C=O) groups excluding carboxylic acids is 1. The number of carbonyl (C=O) groups is 1. The van der Waals surface area contributed by atoms with Crippen molar-refractivity contribution in [2.75, 3.05) is 36.4 Å². The Morgan fingerprint density at radius 3 is 2.37 bits per heavy atom. The monoisotopic (exact) mass is 403 g/mol. The third kappa shape index (κ3) is 4.11. The van der Waals surface area contributed by atoms with Gasteiger partial charge in [0.25, 0.3) is 0 Å². The zero-order chi connectivity index (χ0) is 20.4. The Kier molecular flexibility index (Phi) is 5.51. The first-order valence-corrected chi connectivity index (χ1v) is 11.6. The fourth-order valence-corrected chi connectivity index (χ4v) is 5.48. The first-order valence-electron chi connectivity index (χ1n) is 11.6. The van der Waals surface area contributed by atoms with Gasteiger partial charge in [0, 0.05) is 25.6 Å². The fraction of sp³-hybridized carbons (Fsp3) is 0.500. The SMILES string of the molecule is O=C(Nc1ccccc1N1CCCCC1)C1CC12CCN(Cc1ccccc1)CC2. The highest BCUT2D eigenvalue weighted by Gasteiger charge is 2.58. The molecule has 0 bridgehead atoms. The molecule has 4 nitrogen and oxygen atoms in total. The van der Waals surface area contributed by atoms with Crippen LogP contribution in [0.4, 0.5) is 11.4 Å². The normalized spacial score (nSPS) is 23.3. The summed E-state index contributed by atoms with van der Waals surface area (Å²) in [5, 5.41) is 3.30. The third-order valence-electron chi connectivity index (χ3n) is 7.47. The van der Waals surface area contributed by atoms with E-state index in [9.17, 15) is 4.79 Å². The lowest BCUT2D eigenvalue weighted by Crippen LogP contribution is -2.36. The number of nitrogens with zero attached hydrogens (tertiary/aromatic N) is 2. The molecule has 5 rings (SSSR count). The van der Waals surface area contributed by atoms with Gasteiger partial charge in [0.1, 0.15) is 0 Å². The molecule has 2 aromatic carbocycles. The second kappa shape index (κ2) is 8.43. The Labute approximate surface area is 180 Å². The largest absolute Gasteiger partial charge is 0.370 e. The molecule has 158 valence electrons. The molecule has 2 aliphatic heterocycles. The van der Waals surface area contributed by atoms with Crippen molar-refractivity contribution in [3.8, 4) is 0 Å². The molecule has 2 aromatic rings. The van der Waals surface area contributed by atoms with E-state index in [1.807, 2.05) is 6.07 Å². The van der Waals surface area contributed by atoms with Crippen LogP contribution in [0.3, 0.4) is 0 Å². The fourth-order valence-electron chi connectivity index (χ4n) is 5.48. The second-order valence-electron chi connectivity index (χ2n) is 9.43. The van der Waals surface area contributed by atoms with Gasteiger partial charge in [0.2, 0.25) is 5.91 Å². The van der Waals surface area contributed by atoms with E-state index < -0.39 is 0 Å². The summed E-state index contributed by atoms with van der Waals surface area (Å²) >= 11 is 0. The number of para-hydroxylation sites is 2. The van der Waals surface area contributed by atoms with Gasteiger partial charge in [0.05, 0.1) is 11.4 Å². The Balaban J connectivity index is 1.17. The van der Waals surface area contributed by atoms with Crippen LogP contribution in [-0.4, -0.2) is 37.0 Å².